The maximum absolute atomic E-state index is 9.60. The van der Waals surface area contributed by atoms with Gasteiger partial charge in [-0.1, -0.05) is 18.0 Å². The van der Waals surface area contributed by atoms with E-state index in [1.54, 1.807) is 12.1 Å². The van der Waals surface area contributed by atoms with Crippen LogP contribution in [0.1, 0.15) is 31.2 Å². The van der Waals surface area contributed by atoms with Gasteiger partial charge in [-0.2, -0.15) is 5.26 Å². The van der Waals surface area contributed by atoms with Crippen molar-refractivity contribution in [2.75, 3.05) is 11.9 Å². The predicted octanol–water partition coefficient (Wildman–Crippen LogP) is 3.17. The van der Waals surface area contributed by atoms with E-state index in [4.69, 9.17) is 16.9 Å². The second-order valence-electron chi connectivity index (χ2n) is 4.87. The first-order valence-corrected chi connectivity index (χ1v) is 6.68. The van der Waals surface area contributed by atoms with E-state index in [0.717, 1.165) is 37.9 Å². The van der Waals surface area contributed by atoms with Crippen molar-refractivity contribution in [2.45, 2.75) is 31.8 Å². The fourth-order valence-electron chi connectivity index (χ4n) is 2.43. The zero-order valence-electron chi connectivity index (χ0n) is 10.2. The number of aliphatic hydroxyl groups is 1. The molecule has 0 heterocycles. The Morgan fingerprint density at radius 1 is 1.44 bits per heavy atom. The van der Waals surface area contributed by atoms with E-state index >= 15 is 0 Å². The third-order valence-corrected chi connectivity index (χ3v) is 3.75. The van der Waals surface area contributed by atoms with Crippen LogP contribution < -0.4 is 5.32 Å². The Balaban J connectivity index is 1.90. The Morgan fingerprint density at radius 3 is 2.94 bits per heavy atom. The average molecular weight is 265 g/mol. The maximum atomic E-state index is 9.60. The van der Waals surface area contributed by atoms with E-state index in [0.29, 0.717) is 16.5 Å². The predicted molar refractivity (Wildman–Crippen MR) is 72.6 cm³/mol. The van der Waals surface area contributed by atoms with E-state index < -0.39 is 0 Å². The van der Waals surface area contributed by atoms with Gasteiger partial charge in [-0.25, -0.2) is 0 Å². The Labute approximate surface area is 112 Å². The second kappa shape index (κ2) is 6.08. The van der Waals surface area contributed by atoms with Crippen molar-refractivity contribution in [3.8, 4) is 6.07 Å². The van der Waals surface area contributed by atoms with Gasteiger partial charge < -0.3 is 10.4 Å². The molecule has 1 aliphatic rings. The number of anilines is 1. The van der Waals surface area contributed by atoms with Gasteiger partial charge in [0.2, 0.25) is 0 Å². The molecule has 1 aliphatic carbocycles. The summed E-state index contributed by atoms with van der Waals surface area (Å²) < 4.78 is 0. The van der Waals surface area contributed by atoms with Crippen molar-refractivity contribution in [2.24, 2.45) is 5.92 Å². The van der Waals surface area contributed by atoms with Gasteiger partial charge in [-0.3, -0.25) is 0 Å². The molecule has 0 bridgehead atoms. The topological polar surface area (TPSA) is 56.0 Å². The lowest BCUT2D eigenvalue weighted by Gasteiger charge is -2.26. The van der Waals surface area contributed by atoms with Crippen LogP contribution in [-0.4, -0.2) is 17.8 Å². The van der Waals surface area contributed by atoms with Gasteiger partial charge in [0.1, 0.15) is 6.07 Å². The molecule has 2 atom stereocenters. The normalized spacial score (nSPS) is 23.4. The third-order valence-electron chi connectivity index (χ3n) is 3.44. The molecule has 1 saturated carbocycles. The highest BCUT2D eigenvalue weighted by atomic mass is 35.5. The number of nitriles is 1. The zero-order valence-corrected chi connectivity index (χ0v) is 11.0. The lowest BCUT2D eigenvalue weighted by molar-refractivity contribution is 0.105. The molecule has 0 radical (unpaired) electrons. The second-order valence-corrected chi connectivity index (χ2v) is 5.28. The molecule has 0 aromatic heterocycles. The summed E-state index contributed by atoms with van der Waals surface area (Å²) >= 11 is 5.97. The molecular formula is C14H17ClN2O. The summed E-state index contributed by atoms with van der Waals surface area (Å²) in [6.07, 6.45) is 3.92. The number of nitrogens with one attached hydrogen (secondary N) is 1. The van der Waals surface area contributed by atoms with Gasteiger partial charge in [-0.15, -0.1) is 0 Å². The number of nitrogens with zero attached hydrogens (tertiary/aromatic N) is 1. The largest absolute Gasteiger partial charge is 0.393 e. The first kappa shape index (κ1) is 13.2. The molecule has 0 aliphatic heterocycles. The van der Waals surface area contributed by atoms with Crippen LogP contribution in [0.25, 0.3) is 0 Å². The molecule has 1 aromatic carbocycles. The van der Waals surface area contributed by atoms with Gasteiger partial charge in [0, 0.05) is 12.2 Å². The molecule has 0 saturated heterocycles. The molecule has 4 heteroatoms. The standard InChI is InChI=1S/C14H17ClN2O/c15-14-7-12(5-4-11(14)8-16)17-9-10-2-1-3-13(18)6-10/h4-5,7,10,13,17-18H,1-3,6,9H2. The van der Waals surface area contributed by atoms with Gasteiger partial charge in [0.25, 0.3) is 0 Å². The quantitative estimate of drug-likeness (QED) is 0.882. The number of aliphatic hydroxyl groups excluding tert-OH is 1. The van der Waals surface area contributed by atoms with Gasteiger partial charge in [0.15, 0.2) is 0 Å². The fraction of sp³-hybridized carbons (Fsp3) is 0.500. The summed E-state index contributed by atoms with van der Waals surface area (Å²) in [6, 6.07) is 7.41. The van der Waals surface area contributed by atoms with Crippen LogP contribution in [0, 0.1) is 17.2 Å². The highest BCUT2D eigenvalue weighted by Crippen LogP contribution is 2.25. The molecule has 96 valence electrons. The number of hydrogen-bond donors (Lipinski definition) is 2. The summed E-state index contributed by atoms with van der Waals surface area (Å²) in [7, 11) is 0. The number of benzene rings is 1. The van der Waals surface area contributed by atoms with E-state index in [1.807, 2.05) is 12.1 Å². The minimum absolute atomic E-state index is 0.143. The summed E-state index contributed by atoms with van der Waals surface area (Å²) in [4.78, 5) is 0. The Bertz CT molecular complexity index is 456. The fourth-order valence-corrected chi connectivity index (χ4v) is 2.65. The summed E-state index contributed by atoms with van der Waals surface area (Å²) in [5.74, 6) is 0.517. The number of rotatable bonds is 3. The van der Waals surface area contributed by atoms with Crippen LogP contribution in [0.2, 0.25) is 5.02 Å². The molecule has 0 spiro atoms. The summed E-state index contributed by atoms with van der Waals surface area (Å²) in [5, 5.41) is 22.2. The smallest absolute Gasteiger partial charge is 0.101 e. The first-order chi connectivity index (χ1) is 8.69. The van der Waals surface area contributed by atoms with Crippen LogP contribution in [0.4, 0.5) is 5.69 Å². The van der Waals surface area contributed by atoms with Gasteiger partial charge >= 0.3 is 0 Å². The highest BCUT2D eigenvalue weighted by Gasteiger charge is 2.19. The van der Waals surface area contributed by atoms with E-state index in [2.05, 4.69) is 5.32 Å². The Kier molecular flexibility index (Phi) is 4.46. The molecule has 0 amide bonds. The SMILES string of the molecule is N#Cc1ccc(NCC2CCCC(O)C2)cc1Cl. The van der Waals surface area contributed by atoms with E-state index in [1.165, 1.54) is 0 Å². The lowest BCUT2D eigenvalue weighted by atomic mass is 9.87. The zero-order chi connectivity index (χ0) is 13.0. The van der Waals surface area contributed by atoms with Crippen LogP contribution in [0.15, 0.2) is 18.2 Å². The van der Waals surface area contributed by atoms with Crippen molar-refractivity contribution in [1.82, 2.24) is 0 Å². The monoisotopic (exact) mass is 264 g/mol. The first-order valence-electron chi connectivity index (χ1n) is 6.30. The molecule has 2 unspecified atom stereocenters. The lowest BCUT2D eigenvalue weighted by Crippen LogP contribution is -2.24. The molecular weight excluding hydrogens is 248 g/mol. The van der Waals surface area contributed by atoms with Crippen LogP contribution >= 0.6 is 11.6 Å². The highest BCUT2D eigenvalue weighted by molar-refractivity contribution is 6.32. The molecule has 1 fully saturated rings. The maximum Gasteiger partial charge on any atom is 0.101 e. The molecule has 3 nitrogen and oxygen atoms in total. The van der Waals surface area contributed by atoms with Crippen molar-refractivity contribution >= 4 is 17.3 Å². The molecule has 1 aromatic rings. The molecule has 2 N–H and O–H groups in total. The summed E-state index contributed by atoms with van der Waals surface area (Å²) in [6.45, 7) is 0.847. The Morgan fingerprint density at radius 2 is 2.28 bits per heavy atom. The van der Waals surface area contributed by atoms with Gasteiger partial charge in [-0.05, 0) is 43.4 Å². The minimum Gasteiger partial charge on any atom is -0.393 e. The Hall–Kier alpha value is -1.24. The van der Waals surface area contributed by atoms with Crippen molar-refractivity contribution in [3.05, 3.63) is 28.8 Å². The van der Waals surface area contributed by atoms with Crippen molar-refractivity contribution < 1.29 is 5.11 Å². The van der Waals surface area contributed by atoms with Gasteiger partial charge in [0.05, 0.1) is 16.7 Å². The van der Waals surface area contributed by atoms with Crippen LogP contribution in [-0.2, 0) is 0 Å². The molecule has 2 rings (SSSR count). The molecule has 18 heavy (non-hydrogen) atoms. The summed E-state index contributed by atoms with van der Waals surface area (Å²) in [5.41, 5.74) is 1.43. The number of halogens is 1. The number of hydrogen-bond acceptors (Lipinski definition) is 3. The van der Waals surface area contributed by atoms with E-state index in [-0.39, 0.29) is 6.10 Å². The van der Waals surface area contributed by atoms with Crippen molar-refractivity contribution in [3.63, 3.8) is 0 Å². The van der Waals surface area contributed by atoms with Crippen LogP contribution in [0.5, 0.6) is 0 Å². The van der Waals surface area contributed by atoms with Crippen molar-refractivity contribution in [1.29, 1.82) is 5.26 Å². The minimum atomic E-state index is -0.143. The third kappa shape index (κ3) is 3.38. The average Bonchev–Trinajstić information content (AvgIpc) is 2.37. The van der Waals surface area contributed by atoms with Crippen LogP contribution in [0.3, 0.4) is 0 Å². The van der Waals surface area contributed by atoms with E-state index in [9.17, 15) is 5.11 Å².